The molecular weight excluding hydrogens is 372 g/mol. The minimum absolute atomic E-state index is 0.0687. The minimum Gasteiger partial charge on any atom is -0.358 e. The highest BCUT2D eigenvalue weighted by Gasteiger charge is 2.28. The third-order valence-corrected chi connectivity index (χ3v) is 6.06. The van der Waals surface area contributed by atoms with Gasteiger partial charge in [0.25, 0.3) is 0 Å². The van der Waals surface area contributed by atoms with Crippen LogP contribution in [-0.4, -0.2) is 50.5 Å². The second kappa shape index (κ2) is 7.14. The molecular formula is C16H18N6O2S2. The number of thiophene rings is 1. The van der Waals surface area contributed by atoms with Crippen molar-refractivity contribution < 1.29 is 4.92 Å². The van der Waals surface area contributed by atoms with E-state index in [2.05, 4.69) is 32.1 Å². The fraction of sp³-hybridized carbons (Fsp3) is 0.375. The van der Waals surface area contributed by atoms with Crippen LogP contribution in [0.25, 0.3) is 10.6 Å². The molecule has 0 radical (unpaired) electrons. The van der Waals surface area contributed by atoms with Gasteiger partial charge in [-0.05, 0) is 21.4 Å². The molecule has 1 fully saturated rings. The average Bonchev–Trinajstić information content (AvgIpc) is 3.35. The molecule has 0 bridgehead atoms. The molecule has 0 atom stereocenters. The molecule has 136 valence electrons. The van der Waals surface area contributed by atoms with E-state index in [0.717, 1.165) is 43.4 Å². The summed E-state index contributed by atoms with van der Waals surface area (Å²) in [5.74, 6) is 0.518. The maximum Gasteiger partial charge on any atom is 0.406 e. The highest BCUT2D eigenvalue weighted by atomic mass is 32.1. The number of hydrogen-bond acceptors (Lipinski definition) is 8. The molecule has 3 aromatic heterocycles. The summed E-state index contributed by atoms with van der Waals surface area (Å²) in [7, 11) is 1.79. The standard InChI is InChI=1S/C16H18N6O2S2/c1-19-11-17-14(22(23)24)16(19)21-5-3-20(4-6-21)8-13-10-26-15(18-13)12-2-7-25-9-12/h2,7,9-11H,3-6,8H2,1H3. The molecule has 3 aromatic rings. The predicted octanol–water partition coefficient (Wildman–Crippen LogP) is 2.84. The summed E-state index contributed by atoms with van der Waals surface area (Å²) < 4.78 is 1.72. The Hall–Kier alpha value is -2.30. The molecule has 4 rings (SSSR count). The zero-order valence-electron chi connectivity index (χ0n) is 14.2. The number of nitrogens with zero attached hydrogens (tertiary/aromatic N) is 6. The van der Waals surface area contributed by atoms with Crippen LogP contribution in [0.5, 0.6) is 0 Å². The van der Waals surface area contributed by atoms with Crippen molar-refractivity contribution in [3.63, 3.8) is 0 Å². The van der Waals surface area contributed by atoms with Crippen LogP contribution >= 0.6 is 22.7 Å². The van der Waals surface area contributed by atoms with E-state index < -0.39 is 4.92 Å². The van der Waals surface area contributed by atoms with Gasteiger partial charge in [-0.25, -0.2) is 4.98 Å². The lowest BCUT2D eigenvalue weighted by atomic mass is 10.3. The molecule has 0 aliphatic carbocycles. The first-order chi connectivity index (χ1) is 12.6. The van der Waals surface area contributed by atoms with Crippen molar-refractivity contribution in [2.75, 3.05) is 31.1 Å². The summed E-state index contributed by atoms with van der Waals surface area (Å²) in [5, 5.41) is 18.5. The predicted molar refractivity (Wildman–Crippen MR) is 103 cm³/mol. The lowest BCUT2D eigenvalue weighted by molar-refractivity contribution is -0.388. The SMILES string of the molecule is Cn1cnc([N+](=O)[O-])c1N1CCN(Cc2csc(-c3ccsc3)n2)CC1. The summed E-state index contributed by atoms with van der Waals surface area (Å²) in [6, 6.07) is 2.09. The summed E-state index contributed by atoms with van der Waals surface area (Å²) >= 11 is 3.35. The molecule has 4 heterocycles. The van der Waals surface area contributed by atoms with E-state index in [9.17, 15) is 10.1 Å². The first-order valence-electron chi connectivity index (χ1n) is 8.22. The smallest absolute Gasteiger partial charge is 0.358 e. The highest BCUT2D eigenvalue weighted by Crippen LogP contribution is 2.28. The molecule has 8 nitrogen and oxygen atoms in total. The van der Waals surface area contributed by atoms with Crippen LogP contribution in [0.15, 0.2) is 28.5 Å². The van der Waals surface area contributed by atoms with E-state index in [-0.39, 0.29) is 5.82 Å². The Labute approximate surface area is 158 Å². The van der Waals surface area contributed by atoms with Gasteiger partial charge in [0.1, 0.15) is 5.01 Å². The van der Waals surface area contributed by atoms with E-state index in [1.54, 1.807) is 34.3 Å². The average molecular weight is 390 g/mol. The fourth-order valence-electron chi connectivity index (χ4n) is 3.15. The lowest BCUT2D eigenvalue weighted by Crippen LogP contribution is -2.46. The molecule has 0 N–H and O–H groups in total. The Balaban J connectivity index is 1.39. The van der Waals surface area contributed by atoms with E-state index in [1.807, 2.05) is 4.90 Å². The number of aryl methyl sites for hydroxylation is 1. The molecule has 10 heteroatoms. The summed E-state index contributed by atoms with van der Waals surface area (Å²) in [6.45, 7) is 3.97. The second-order valence-electron chi connectivity index (χ2n) is 6.18. The first kappa shape index (κ1) is 17.1. The molecule has 1 aliphatic rings. The molecule has 0 spiro atoms. The van der Waals surface area contributed by atoms with E-state index in [1.165, 1.54) is 11.9 Å². The van der Waals surface area contributed by atoms with E-state index in [4.69, 9.17) is 4.98 Å². The monoisotopic (exact) mass is 390 g/mol. The number of anilines is 1. The van der Waals surface area contributed by atoms with Gasteiger partial charge in [0, 0.05) is 56.1 Å². The molecule has 26 heavy (non-hydrogen) atoms. The zero-order chi connectivity index (χ0) is 18.1. The van der Waals surface area contributed by atoms with E-state index >= 15 is 0 Å². The zero-order valence-corrected chi connectivity index (χ0v) is 15.9. The highest BCUT2D eigenvalue weighted by molar-refractivity contribution is 7.14. The van der Waals surface area contributed by atoms with Gasteiger partial charge >= 0.3 is 5.82 Å². The van der Waals surface area contributed by atoms with Gasteiger partial charge in [-0.2, -0.15) is 11.3 Å². The van der Waals surface area contributed by atoms with Crippen molar-refractivity contribution in [3.05, 3.63) is 44.3 Å². The summed E-state index contributed by atoms with van der Waals surface area (Å²) in [6.07, 6.45) is 1.50. The van der Waals surface area contributed by atoms with Crippen LogP contribution in [0.2, 0.25) is 0 Å². The maximum absolute atomic E-state index is 11.2. The minimum atomic E-state index is -0.414. The Kier molecular flexibility index (Phi) is 4.70. The third kappa shape index (κ3) is 3.35. The number of thiazole rings is 1. The summed E-state index contributed by atoms with van der Waals surface area (Å²) in [4.78, 5) is 23.8. The Bertz CT molecular complexity index is 896. The van der Waals surface area contributed by atoms with Crippen LogP contribution in [0, 0.1) is 10.1 Å². The van der Waals surface area contributed by atoms with Crippen LogP contribution in [-0.2, 0) is 13.6 Å². The number of nitro groups is 1. The quantitative estimate of drug-likeness (QED) is 0.492. The van der Waals surface area contributed by atoms with Crippen LogP contribution in [0.1, 0.15) is 5.69 Å². The van der Waals surface area contributed by atoms with Gasteiger partial charge in [0.05, 0.1) is 5.69 Å². The normalized spacial score (nSPS) is 15.5. The topological polar surface area (TPSA) is 80.3 Å². The second-order valence-corrected chi connectivity index (χ2v) is 7.82. The van der Waals surface area contributed by atoms with Crippen molar-refractivity contribution in [2.45, 2.75) is 6.54 Å². The molecule has 1 aliphatic heterocycles. The Morgan fingerprint density at radius 2 is 2.08 bits per heavy atom. The van der Waals surface area contributed by atoms with E-state index in [0.29, 0.717) is 5.82 Å². The summed E-state index contributed by atoms with van der Waals surface area (Å²) in [5.41, 5.74) is 2.26. The number of rotatable bonds is 5. The molecule has 1 saturated heterocycles. The number of hydrogen-bond donors (Lipinski definition) is 0. The molecule has 0 saturated carbocycles. The number of aromatic nitrogens is 3. The van der Waals surface area contributed by atoms with Gasteiger partial charge in [-0.3, -0.25) is 9.47 Å². The Morgan fingerprint density at radius 3 is 2.77 bits per heavy atom. The Morgan fingerprint density at radius 1 is 1.27 bits per heavy atom. The van der Waals surface area contributed by atoms with Gasteiger partial charge in [0.2, 0.25) is 12.1 Å². The van der Waals surface area contributed by atoms with Crippen molar-refractivity contribution in [3.8, 4) is 10.6 Å². The number of piperazine rings is 1. The van der Waals surface area contributed by atoms with Crippen molar-refractivity contribution in [1.29, 1.82) is 0 Å². The van der Waals surface area contributed by atoms with Crippen molar-refractivity contribution in [1.82, 2.24) is 19.4 Å². The first-order valence-corrected chi connectivity index (χ1v) is 10.0. The van der Waals surface area contributed by atoms with Gasteiger partial charge < -0.3 is 15.0 Å². The lowest BCUT2D eigenvalue weighted by Gasteiger charge is -2.34. The van der Waals surface area contributed by atoms with Crippen LogP contribution in [0.4, 0.5) is 11.6 Å². The van der Waals surface area contributed by atoms with Gasteiger partial charge in [-0.1, -0.05) is 0 Å². The largest absolute Gasteiger partial charge is 0.406 e. The molecule has 0 unspecified atom stereocenters. The van der Waals surface area contributed by atoms with Crippen molar-refractivity contribution >= 4 is 34.3 Å². The van der Waals surface area contributed by atoms with Gasteiger partial charge in [-0.15, -0.1) is 11.3 Å². The van der Waals surface area contributed by atoms with Gasteiger partial charge in [0.15, 0.2) is 0 Å². The van der Waals surface area contributed by atoms with Crippen molar-refractivity contribution in [2.24, 2.45) is 7.05 Å². The van der Waals surface area contributed by atoms with Crippen LogP contribution < -0.4 is 4.90 Å². The third-order valence-electron chi connectivity index (χ3n) is 4.44. The molecule has 0 amide bonds. The maximum atomic E-state index is 11.2. The van der Waals surface area contributed by atoms with Crippen LogP contribution in [0.3, 0.4) is 0 Å². The fourth-order valence-corrected chi connectivity index (χ4v) is 4.67. The molecule has 0 aromatic carbocycles. The number of imidazole rings is 1.